The van der Waals surface area contributed by atoms with Gasteiger partial charge in [-0.05, 0) is 19.6 Å². The Labute approximate surface area is 87.6 Å². The maximum absolute atomic E-state index is 5.77. The first-order valence-electron chi connectivity index (χ1n) is 5.13. The Morgan fingerprint density at radius 3 is 1.92 bits per heavy atom. The molecule has 0 aliphatic carbocycles. The Morgan fingerprint density at radius 1 is 1.23 bits per heavy atom. The molecule has 0 saturated heterocycles. The maximum Gasteiger partial charge on any atom is 0.190 e. The lowest BCUT2D eigenvalue weighted by Crippen LogP contribution is -2.67. The van der Waals surface area contributed by atoms with Gasteiger partial charge < -0.3 is 8.66 Å². The van der Waals surface area contributed by atoms with Crippen LogP contribution in [0.3, 0.4) is 0 Å². The number of hydrogen-bond acceptors (Lipinski definition) is 2. The van der Waals surface area contributed by atoms with Gasteiger partial charge in [0.15, 0.2) is 7.83 Å². The van der Waals surface area contributed by atoms with Crippen molar-refractivity contribution in [2.45, 2.75) is 39.7 Å². The molecule has 0 rings (SSSR count). The minimum Gasteiger partial charge on any atom is -0.422 e. The summed E-state index contributed by atoms with van der Waals surface area (Å²) >= 11 is 0. The summed E-state index contributed by atoms with van der Waals surface area (Å²) in [5, 5.41) is 0. The van der Waals surface area contributed by atoms with Crippen LogP contribution >= 0.6 is 0 Å². The van der Waals surface area contributed by atoms with Crippen molar-refractivity contribution in [3.05, 3.63) is 0 Å². The summed E-state index contributed by atoms with van der Waals surface area (Å²) in [4.78, 5) is 0. The van der Waals surface area contributed by atoms with E-state index in [0.717, 1.165) is 0 Å². The Hall–Kier alpha value is 0.571. The fourth-order valence-corrected chi connectivity index (χ4v) is 16.4. The minimum absolute atomic E-state index is 0.0156. The van der Waals surface area contributed by atoms with Crippen LogP contribution in [0, 0.1) is 0 Å². The highest BCUT2D eigenvalue weighted by molar-refractivity contribution is 7.38. The van der Waals surface area contributed by atoms with Crippen molar-refractivity contribution >= 4 is 25.3 Å². The first-order valence-corrected chi connectivity index (χ1v) is 14.0. The lowest BCUT2D eigenvalue weighted by atomic mass is 10.8. The zero-order valence-corrected chi connectivity index (χ0v) is 13.7. The molecule has 0 bridgehead atoms. The van der Waals surface area contributed by atoms with Crippen LogP contribution in [0.2, 0.25) is 32.7 Å². The quantitative estimate of drug-likeness (QED) is 0.671. The number of nitrogens with zero attached hydrogens (tertiary/aromatic N) is 1. The predicted octanol–water partition coefficient (Wildman–Crippen LogP) is 1.58. The van der Waals surface area contributed by atoms with Crippen LogP contribution in [-0.4, -0.2) is 43.2 Å². The lowest BCUT2D eigenvalue weighted by Gasteiger charge is -2.44. The second kappa shape index (κ2) is 4.88. The molecular weight excluding hydrogens is 210 g/mol. The van der Waals surface area contributed by atoms with Gasteiger partial charge >= 0.3 is 0 Å². The highest BCUT2D eigenvalue weighted by Gasteiger charge is 2.45. The number of rotatable bonds is 5. The smallest absolute Gasteiger partial charge is 0.190 e. The molecule has 0 spiro atoms. The van der Waals surface area contributed by atoms with Crippen LogP contribution in [0.5, 0.6) is 0 Å². The van der Waals surface area contributed by atoms with Crippen molar-refractivity contribution in [3.63, 3.8) is 0 Å². The zero-order chi connectivity index (χ0) is 10.7. The normalized spacial score (nSPS) is 14.8. The Bertz CT molecular complexity index is 157. The highest BCUT2D eigenvalue weighted by Crippen LogP contribution is 2.22. The summed E-state index contributed by atoms with van der Waals surface area (Å²) < 4.78 is 8.53. The van der Waals surface area contributed by atoms with E-state index >= 15 is 0 Å². The van der Waals surface area contributed by atoms with E-state index in [0.29, 0.717) is 0 Å². The van der Waals surface area contributed by atoms with Gasteiger partial charge in [0, 0.05) is 7.11 Å². The summed E-state index contributed by atoms with van der Waals surface area (Å²) in [6.07, 6.45) is 0. The van der Waals surface area contributed by atoms with E-state index in [1.54, 1.807) is 0 Å². The molecule has 0 aromatic heterocycles. The molecule has 0 aromatic carbocycles. The van der Waals surface area contributed by atoms with E-state index in [1.807, 2.05) is 7.11 Å². The van der Waals surface area contributed by atoms with E-state index in [2.05, 4.69) is 43.9 Å². The molecule has 0 aliphatic heterocycles. The van der Waals surface area contributed by atoms with Crippen LogP contribution in [0.15, 0.2) is 0 Å². The van der Waals surface area contributed by atoms with E-state index in [4.69, 9.17) is 4.43 Å². The van der Waals surface area contributed by atoms with Gasteiger partial charge in [-0.15, -0.1) is 0 Å². The van der Waals surface area contributed by atoms with Crippen molar-refractivity contribution in [1.29, 1.82) is 0 Å². The molecule has 0 atom stereocenters. The fraction of sp³-hybridized carbons (Fsp3) is 1.00. The molecule has 2 nitrogen and oxygen atoms in total. The number of hydrogen-bond donors (Lipinski definition) is 0. The molecule has 0 radical (unpaired) electrons. The van der Waals surface area contributed by atoms with Gasteiger partial charge in [0.05, 0.1) is 9.68 Å². The maximum atomic E-state index is 5.77. The average Bonchev–Trinajstić information content (AvgIpc) is 2.06. The van der Waals surface area contributed by atoms with Gasteiger partial charge in [-0.25, -0.2) is 0 Å². The van der Waals surface area contributed by atoms with Crippen LogP contribution in [0.4, 0.5) is 0 Å². The predicted molar refractivity (Wildman–Crippen MR) is 68.8 cm³/mol. The molecule has 80 valence electrons. The minimum atomic E-state index is -1.41. The molecule has 0 aromatic rings. The third kappa shape index (κ3) is 2.76. The molecule has 13 heavy (non-hydrogen) atoms. The SMILES string of the molecule is CCN([SiH2]C)[Si](C)(C)[Si](C)(C)OC. The van der Waals surface area contributed by atoms with Crippen molar-refractivity contribution in [2.24, 2.45) is 0 Å². The molecular formula is C8H25NOSi3. The Balaban J connectivity index is 4.70. The van der Waals surface area contributed by atoms with E-state index in [1.165, 1.54) is 6.54 Å². The molecule has 0 N–H and O–H groups in total. The van der Waals surface area contributed by atoms with Crippen LogP contribution in [0.25, 0.3) is 0 Å². The Kier molecular flexibility index (Phi) is 5.09. The highest BCUT2D eigenvalue weighted by atomic mass is 29.3. The van der Waals surface area contributed by atoms with E-state index in [9.17, 15) is 0 Å². The van der Waals surface area contributed by atoms with Crippen molar-refractivity contribution in [3.8, 4) is 0 Å². The van der Waals surface area contributed by atoms with Crippen LogP contribution in [0.1, 0.15) is 6.92 Å². The first kappa shape index (κ1) is 13.6. The van der Waals surface area contributed by atoms with Crippen LogP contribution in [-0.2, 0) is 4.43 Å². The molecule has 0 heterocycles. The second-order valence-corrected chi connectivity index (χ2v) is 20.9. The third-order valence-electron chi connectivity index (χ3n) is 3.54. The molecule has 0 fully saturated rings. The monoisotopic (exact) mass is 235 g/mol. The standard InChI is InChI=1S/C8H25NOSi3/c1-8-9(11-3)12(4,5)13(6,7)10-2/h8,11H2,1-7H3. The van der Waals surface area contributed by atoms with Gasteiger partial charge in [-0.2, -0.15) is 0 Å². The summed E-state index contributed by atoms with van der Waals surface area (Å²) in [7, 11) is -0.780. The zero-order valence-electron chi connectivity index (χ0n) is 10.3. The largest absolute Gasteiger partial charge is 0.422 e. The lowest BCUT2D eigenvalue weighted by molar-refractivity contribution is 0.415. The summed E-state index contributed by atoms with van der Waals surface area (Å²) in [6, 6.07) is 0. The van der Waals surface area contributed by atoms with Crippen molar-refractivity contribution in [1.82, 2.24) is 4.23 Å². The summed E-state index contributed by atoms with van der Waals surface area (Å²) in [5.74, 6) is 0. The van der Waals surface area contributed by atoms with Gasteiger partial charge in [0.25, 0.3) is 0 Å². The average molecular weight is 236 g/mol. The van der Waals surface area contributed by atoms with E-state index < -0.39 is 15.6 Å². The van der Waals surface area contributed by atoms with Crippen LogP contribution < -0.4 is 0 Å². The molecule has 0 saturated carbocycles. The van der Waals surface area contributed by atoms with Gasteiger partial charge in [0.2, 0.25) is 0 Å². The summed E-state index contributed by atoms with van der Waals surface area (Å²) in [6.45, 7) is 15.6. The Morgan fingerprint density at radius 2 is 1.69 bits per heavy atom. The van der Waals surface area contributed by atoms with Gasteiger partial charge in [-0.1, -0.05) is 26.6 Å². The molecule has 0 unspecified atom stereocenters. The van der Waals surface area contributed by atoms with Crippen molar-refractivity contribution < 1.29 is 4.43 Å². The van der Waals surface area contributed by atoms with E-state index in [-0.39, 0.29) is 9.68 Å². The van der Waals surface area contributed by atoms with Gasteiger partial charge in [0.1, 0.15) is 7.75 Å². The molecule has 0 aliphatic rings. The fourth-order valence-electron chi connectivity index (χ4n) is 1.64. The molecule has 0 amide bonds. The summed E-state index contributed by atoms with van der Waals surface area (Å²) in [5.41, 5.74) is 0. The third-order valence-corrected chi connectivity index (χ3v) is 25.3. The van der Waals surface area contributed by atoms with Gasteiger partial charge in [-0.3, -0.25) is 0 Å². The second-order valence-electron chi connectivity index (χ2n) is 4.45. The molecule has 5 heteroatoms. The van der Waals surface area contributed by atoms with Crippen molar-refractivity contribution in [2.75, 3.05) is 13.7 Å². The first-order chi connectivity index (χ1) is 5.83. The topological polar surface area (TPSA) is 12.5 Å².